The lowest BCUT2D eigenvalue weighted by molar-refractivity contribution is 0.628. The third kappa shape index (κ3) is 3.32. The summed E-state index contributed by atoms with van der Waals surface area (Å²) in [6.07, 6.45) is 4.54. The SMILES string of the molecule is CC1Cc2c(Br)ccc(P(=S)(c3ccccc3)c3ccc(Br)c4c3CC(C)C4)c2C1. The van der Waals surface area contributed by atoms with Crippen LogP contribution in [0.2, 0.25) is 0 Å². The summed E-state index contributed by atoms with van der Waals surface area (Å²) < 4.78 is 2.49. The molecule has 2 atom stereocenters. The Morgan fingerprint density at radius 1 is 0.667 bits per heavy atom. The van der Waals surface area contributed by atoms with Crippen LogP contribution in [0.15, 0.2) is 63.5 Å². The zero-order valence-corrected chi connectivity index (χ0v) is 22.2. The Bertz CT molecular complexity index is 1110. The third-order valence-electron chi connectivity index (χ3n) is 6.71. The van der Waals surface area contributed by atoms with E-state index < -0.39 is 6.04 Å². The molecule has 0 bridgehead atoms. The van der Waals surface area contributed by atoms with E-state index in [1.165, 1.54) is 47.1 Å². The van der Waals surface area contributed by atoms with Crippen LogP contribution in [-0.2, 0) is 37.5 Å². The van der Waals surface area contributed by atoms with Gasteiger partial charge < -0.3 is 0 Å². The van der Waals surface area contributed by atoms with Crippen LogP contribution in [0.1, 0.15) is 36.1 Å². The summed E-state index contributed by atoms with van der Waals surface area (Å²) in [4.78, 5) is 0. The average molecular weight is 560 g/mol. The van der Waals surface area contributed by atoms with Crippen molar-refractivity contribution in [3.05, 3.63) is 85.8 Å². The van der Waals surface area contributed by atoms with E-state index in [2.05, 4.69) is 100 Å². The quantitative estimate of drug-likeness (QED) is 0.333. The monoisotopic (exact) mass is 558 g/mol. The van der Waals surface area contributed by atoms with Crippen molar-refractivity contribution in [1.82, 2.24) is 0 Å². The first kappa shape index (κ1) is 21.1. The molecule has 0 saturated carbocycles. The van der Waals surface area contributed by atoms with Crippen molar-refractivity contribution in [3.63, 3.8) is 0 Å². The molecule has 0 radical (unpaired) electrons. The Kier molecular flexibility index (Phi) is 5.63. The first-order valence-electron chi connectivity index (χ1n) is 10.7. The smallest absolute Gasteiger partial charge is 0.0385 e. The second kappa shape index (κ2) is 8.00. The molecule has 4 heteroatoms. The predicted molar refractivity (Wildman–Crippen MR) is 141 cm³/mol. The van der Waals surface area contributed by atoms with Crippen molar-refractivity contribution in [3.8, 4) is 0 Å². The van der Waals surface area contributed by atoms with Crippen LogP contribution in [0, 0.1) is 11.8 Å². The van der Waals surface area contributed by atoms with Gasteiger partial charge >= 0.3 is 0 Å². The molecule has 3 aromatic rings. The Morgan fingerprint density at radius 3 is 1.57 bits per heavy atom. The molecule has 3 aromatic carbocycles. The number of benzene rings is 3. The highest BCUT2D eigenvalue weighted by Gasteiger charge is 2.36. The van der Waals surface area contributed by atoms with Crippen LogP contribution < -0.4 is 15.9 Å². The predicted octanol–water partition coefficient (Wildman–Crippen LogP) is 6.44. The van der Waals surface area contributed by atoms with Gasteiger partial charge in [-0.25, -0.2) is 0 Å². The van der Waals surface area contributed by atoms with Gasteiger partial charge in [-0.2, -0.15) is 0 Å². The summed E-state index contributed by atoms with van der Waals surface area (Å²) in [5.74, 6) is 1.35. The summed E-state index contributed by atoms with van der Waals surface area (Å²) in [5.41, 5.74) is 5.97. The van der Waals surface area contributed by atoms with Crippen molar-refractivity contribution >= 4 is 65.6 Å². The molecule has 154 valence electrons. The van der Waals surface area contributed by atoms with Crippen LogP contribution in [0.3, 0.4) is 0 Å². The standard InChI is InChI=1S/C26H25Br2PS/c1-16-12-19-21(14-16)25(10-8-23(19)27)29(30,18-6-4-3-5-7-18)26-11-9-24(28)20-13-17(2)15-22(20)26/h3-11,16-17H,12-15H2,1-2H3. The summed E-state index contributed by atoms with van der Waals surface area (Å²) in [6.45, 7) is 4.72. The lowest BCUT2D eigenvalue weighted by Gasteiger charge is -2.29. The maximum Gasteiger partial charge on any atom is 0.0385 e. The molecular formula is C26H25Br2PS. The molecule has 0 spiro atoms. The second-order valence-electron chi connectivity index (χ2n) is 9.02. The number of hydrogen-bond acceptors (Lipinski definition) is 1. The summed E-state index contributed by atoms with van der Waals surface area (Å²) in [6, 6.07) is 17.9. The second-order valence-corrected chi connectivity index (χ2v) is 15.1. The lowest BCUT2D eigenvalue weighted by atomic mass is 10.1. The molecule has 0 N–H and O–H groups in total. The van der Waals surface area contributed by atoms with Crippen molar-refractivity contribution in [2.24, 2.45) is 11.8 Å². The normalized spacial score (nSPS) is 21.9. The van der Waals surface area contributed by atoms with Crippen molar-refractivity contribution in [2.75, 3.05) is 0 Å². The fourth-order valence-electron chi connectivity index (χ4n) is 5.38. The van der Waals surface area contributed by atoms with Gasteiger partial charge in [-0.15, -0.1) is 0 Å². The Labute approximate surface area is 201 Å². The molecule has 0 heterocycles. The van der Waals surface area contributed by atoms with E-state index >= 15 is 0 Å². The molecule has 0 amide bonds. The number of rotatable bonds is 3. The maximum atomic E-state index is 6.83. The van der Waals surface area contributed by atoms with E-state index in [0.29, 0.717) is 11.8 Å². The topological polar surface area (TPSA) is 0 Å². The van der Waals surface area contributed by atoms with E-state index in [-0.39, 0.29) is 0 Å². The van der Waals surface area contributed by atoms with Crippen LogP contribution in [0.25, 0.3) is 0 Å². The fraction of sp³-hybridized carbons (Fsp3) is 0.308. The van der Waals surface area contributed by atoms with E-state index in [4.69, 9.17) is 11.8 Å². The molecule has 5 rings (SSSR count). The lowest BCUT2D eigenvalue weighted by Crippen LogP contribution is -2.29. The molecule has 0 aliphatic heterocycles. The van der Waals surface area contributed by atoms with Gasteiger partial charge in [0.1, 0.15) is 0 Å². The number of hydrogen-bond donors (Lipinski definition) is 0. The van der Waals surface area contributed by atoms with E-state index in [1.807, 2.05) is 0 Å². The first-order chi connectivity index (χ1) is 14.4. The van der Waals surface area contributed by atoms with Gasteiger partial charge in [0.2, 0.25) is 0 Å². The van der Waals surface area contributed by atoms with Crippen LogP contribution in [0.4, 0.5) is 0 Å². The summed E-state index contributed by atoms with van der Waals surface area (Å²) in [5, 5.41) is 4.14. The van der Waals surface area contributed by atoms with Crippen LogP contribution in [-0.4, -0.2) is 0 Å². The highest BCUT2D eigenvalue weighted by atomic mass is 79.9. The van der Waals surface area contributed by atoms with Crippen molar-refractivity contribution < 1.29 is 0 Å². The third-order valence-corrected chi connectivity index (χ3v) is 13.2. The fourth-order valence-corrected chi connectivity index (χ4v) is 11.0. The Balaban J connectivity index is 1.83. The minimum atomic E-state index is -2.16. The molecule has 0 aromatic heterocycles. The van der Waals surface area contributed by atoms with E-state index in [1.54, 1.807) is 0 Å². The van der Waals surface area contributed by atoms with E-state index in [0.717, 1.165) is 25.7 Å². The molecule has 0 nitrogen and oxygen atoms in total. The molecule has 2 aliphatic carbocycles. The average Bonchev–Trinajstić information content (AvgIpc) is 3.32. The van der Waals surface area contributed by atoms with Gasteiger partial charge in [0, 0.05) is 15.0 Å². The highest BCUT2D eigenvalue weighted by Crippen LogP contribution is 2.49. The molecule has 0 saturated heterocycles. The first-order valence-corrected chi connectivity index (χ1v) is 15.1. The largest absolute Gasteiger partial charge is 0.0826 e. The zero-order chi connectivity index (χ0) is 21.0. The Morgan fingerprint density at radius 2 is 1.10 bits per heavy atom. The van der Waals surface area contributed by atoms with Gasteiger partial charge in [-0.1, -0.05) is 100.0 Å². The van der Waals surface area contributed by atoms with Crippen molar-refractivity contribution in [1.29, 1.82) is 0 Å². The van der Waals surface area contributed by atoms with E-state index in [9.17, 15) is 0 Å². The van der Waals surface area contributed by atoms with Gasteiger partial charge in [-0.3, -0.25) is 0 Å². The number of fused-ring (bicyclic) bond motifs is 2. The van der Waals surface area contributed by atoms with Crippen LogP contribution >= 0.6 is 37.9 Å². The molecule has 30 heavy (non-hydrogen) atoms. The minimum absolute atomic E-state index is 0.673. The van der Waals surface area contributed by atoms with Crippen LogP contribution in [0.5, 0.6) is 0 Å². The summed E-state index contributed by atoms with van der Waals surface area (Å²) >= 11 is 14.5. The molecule has 0 fully saturated rings. The maximum absolute atomic E-state index is 6.83. The Hall–Kier alpha value is -0.730. The van der Waals surface area contributed by atoms with Gasteiger partial charge in [0.05, 0.1) is 0 Å². The van der Waals surface area contributed by atoms with Crippen molar-refractivity contribution in [2.45, 2.75) is 39.5 Å². The van der Waals surface area contributed by atoms with Gasteiger partial charge in [0.25, 0.3) is 0 Å². The molecule has 2 aliphatic rings. The van der Waals surface area contributed by atoms with Gasteiger partial charge in [-0.05, 0) is 87.8 Å². The molecule has 2 unspecified atom stereocenters. The minimum Gasteiger partial charge on any atom is -0.0826 e. The number of halogens is 2. The summed E-state index contributed by atoms with van der Waals surface area (Å²) in [7, 11) is 0. The highest BCUT2D eigenvalue weighted by molar-refractivity contribution is 9.10. The molecular weight excluding hydrogens is 535 g/mol. The van der Waals surface area contributed by atoms with Gasteiger partial charge in [0.15, 0.2) is 0 Å². The zero-order valence-electron chi connectivity index (χ0n) is 17.3.